The lowest BCUT2D eigenvalue weighted by Crippen LogP contribution is -2.00. The molecule has 0 radical (unpaired) electrons. The molecule has 11 heteroatoms. The van der Waals surface area contributed by atoms with Crippen molar-refractivity contribution in [3.63, 3.8) is 0 Å². The molecule has 2 aromatic heterocycles. The van der Waals surface area contributed by atoms with Crippen molar-refractivity contribution in [2.24, 2.45) is 0 Å². The van der Waals surface area contributed by atoms with E-state index < -0.39 is 9.85 Å². The Kier molecular flexibility index (Phi) is 5.90. The summed E-state index contributed by atoms with van der Waals surface area (Å²) in [7, 11) is 0. The molecule has 122 valence electrons. The lowest BCUT2D eigenvalue weighted by Gasteiger charge is -2.00. The van der Waals surface area contributed by atoms with Gasteiger partial charge < -0.3 is 11.5 Å². The van der Waals surface area contributed by atoms with Gasteiger partial charge in [-0.3, -0.25) is 20.2 Å². The van der Waals surface area contributed by atoms with Gasteiger partial charge in [-0.25, -0.2) is 9.97 Å². The molecule has 2 heterocycles. The van der Waals surface area contributed by atoms with Gasteiger partial charge in [0, 0.05) is 28.0 Å². The zero-order valence-electron chi connectivity index (χ0n) is 12.2. The molecule has 0 amide bonds. The maximum Gasteiger partial charge on any atom is 0.315 e. The number of hydrogen-bond acceptors (Lipinski definition) is 8. The van der Waals surface area contributed by atoms with Gasteiger partial charge in [-0.2, -0.15) is 0 Å². The highest BCUT2D eigenvalue weighted by molar-refractivity contribution is 9.10. The highest BCUT2D eigenvalue weighted by Crippen LogP contribution is 2.28. The first kappa shape index (κ1) is 18.2. The Morgan fingerprint density at radius 1 is 1.04 bits per heavy atom. The monoisotopic (exact) mass is 384 g/mol. The second kappa shape index (κ2) is 7.45. The van der Waals surface area contributed by atoms with Crippen LogP contribution in [0.15, 0.2) is 22.9 Å². The van der Waals surface area contributed by atoms with E-state index in [2.05, 4.69) is 25.9 Å². The number of aromatic nitrogens is 2. The lowest BCUT2D eigenvalue weighted by molar-refractivity contribution is -0.384. The average Bonchev–Trinajstić information content (AvgIpc) is 2.43. The highest BCUT2D eigenvalue weighted by atomic mass is 79.9. The van der Waals surface area contributed by atoms with Gasteiger partial charge in [0.25, 0.3) is 0 Å². The fourth-order valence-corrected chi connectivity index (χ4v) is 1.92. The van der Waals surface area contributed by atoms with Gasteiger partial charge in [-0.05, 0) is 35.8 Å². The fourth-order valence-electron chi connectivity index (χ4n) is 1.63. The van der Waals surface area contributed by atoms with Gasteiger partial charge in [-0.15, -0.1) is 0 Å². The fraction of sp³-hybridized carbons (Fsp3) is 0.167. The number of hydrogen-bond donors (Lipinski definition) is 2. The molecule has 4 N–H and O–H groups in total. The van der Waals surface area contributed by atoms with Crippen LogP contribution in [0.3, 0.4) is 0 Å². The van der Waals surface area contributed by atoms with E-state index >= 15 is 0 Å². The van der Waals surface area contributed by atoms with E-state index in [-0.39, 0.29) is 23.0 Å². The van der Waals surface area contributed by atoms with E-state index in [1.165, 1.54) is 12.4 Å². The molecular formula is C12H13BrN6O4. The number of pyridine rings is 2. The summed E-state index contributed by atoms with van der Waals surface area (Å²) in [5, 5.41) is 20.8. The predicted octanol–water partition coefficient (Wildman–Crippen LogP) is 2.52. The van der Waals surface area contributed by atoms with Crippen molar-refractivity contribution in [3.05, 3.63) is 54.3 Å². The van der Waals surface area contributed by atoms with Crippen LogP contribution in [0.4, 0.5) is 23.0 Å². The molecule has 0 unspecified atom stereocenters. The number of nitrogen functional groups attached to an aromatic ring is 2. The van der Waals surface area contributed by atoms with E-state index in [1.54, 1.807) is 19.9 Å². The molecule has 2 rings (SSSR count). The van der Waals surface area contributed by atoms with Crippen molar-refractivity contribution in [2.75, 3.05) is 11.5 Å². The van der Waals surface area contributed by atoms with E-state index in [0.29, 0.717) is 15.6 Å². The molecule has 23 heavy (non-hydrogen) atoms. The van der Waals surface area contributed by atoms with Crippen LogP contribution >= 0.6 is 15.9 Å². The number of nitro groups is 2. The number of halogens is 1. The normalized spacial score (nSPS) is 9.70. The molecule has 0 bridgehead atoms. The van der Waals surface area contributed by atoms with Crippen molar-refractivity contribution < 1.29 is 9.85 Å². The lowest BCUT2D eigenvalue weighted by atomic mass is 10.2. The maximum absolute atomic E-state index is 10.5. The Morgan fingerprint density at radius 3 is 1.96 bits per heavy atom. The van der Waals surface area contributed by atoms with Gasteiger partial charge >= 0.3 is 11.4 Å². The molecule has 0 aromatic carbocycles. The zero-order chi connectivity index (χ0) is 17.7. The minimum absolute atomic E-state index is 0.0324. The largest absolute Gasteiger partial charge is 0.378 e. The Bertz CT molecular complexity index is 747. The molecule has 0 saturated heterocycles. The minimum atomic E-state index is -0.539. The molecule has 0 atom stereocenters. The second-order valence-electron chi connectivity index (χ2n) is 4.34. The number of rotatable bonds is 2. The average molecular weight is 385 g/mol. The van der Waals surface area contributed by atoms with Crippen molar-refractivity contribution in [3.8, 4) is 0 Å². The van der Waals surface area contributed by atoms with Crippen LogP contribution in [-0.2, 0) is 0 Å². The van der Waals surface area contributed by atoms with Crippen molar-refractivity contribution in [1.82, 2.24) is 9.97 Å². The Balaban J connectivity index is 0.000000231. The summed E-state index contributed by atoms with van der Waals surface area (Å²) >= 11 is 3.13. The van der Waals surface area contributed by atoms with E-state index in [9.17, 15) is 20.2 Å². The standard InChI is InChI=1S/C6H6BrN3O2.C6H7N3O2/c1-3-4(7)2-9-6(8)5(3)10(11)12;1-4-2-3-8-6(7)5(4)9(10)11/h2H,1H3,(H2,8,9);2-3H,1H3,(H2,7,8). The van der Waals surface area contributed by atoms with Gasteiger partial charge in [0.1, 0.15) is 0 Å². The van der Waals surface area contributed by atoms with E-state index in [0.717, 1.165) is 0 Å². The number of nitrogens with zero attached hydrogens (tertiary/aromatic N) is 4. The summed E-state index contributed by atoms with van der Waals surface area (Å²) in [5.74, 6) is -0.0873. The van der Waals surface area contributed by atoms with Crippen LogP contribution in [0.2, 0.25) is 0 Å². The summed E-state index contributed by atoms with van der Waals surface area (Å²) in [5.41, 5.74) is 11.4. The second-order valence-corrected chi connectivity index (χ2v) is 5.20. The van der Waals surface area contributed by atoms with Crippen molar-refractivity contribution >= 4 is 38.9 Å². The predicted molar refractivity (Wildman–Crippen MR) is 87.8 cm³/mol. The van der Waals surface area contributed by atoms with Crippen LogP contribution in [0, 0.1) is 34.1 Å². The van der Waals surface area contributed by atoms with Gasteiger partial charge in [0.15, 0.2) is 0 Å². The van der Waals surface area contributed by atoms with E-state index in [1.807, 2.05) is 0 Å². The minimum Gasteiger partial charge on any atom is -0.378 e. The molecule has 0 aliphatic rings. The first-order valence-electron chi connectivity index (χ1n) is 6.07. The first-order chi connectivity index (χ1) is 10.7. The smallest absolute Gasteiger partial charge is 0.315 e. The Hall–Kier alpha value is -2.82. The van der Waals surface area contributed by atoms with Gasteiger partial charge in [0.2, 0.25) is 11.6 Å². The van der Waals surface area contributed by atoms with Crippen LogP contribution in [0.5, 0.6) is 0 Å². The first-order valence-corrected chi connectivity index (χ1v) is 6.86. The molecule has 2 aromatic rings. The summed E-state index contributed by atoms with van der Waals surface area (Å²) in [6.45, 7) is 3.23. The van der Waals surface area contributed by atoms with Crippen molar-refractivity contribution in [2.45, 2.75) is 13.8 Å². The molecule has 0 spiro atoms. The van der Waals surface area contributed by atoms with Gasteiger partial charge in [-0.1, -0.05) is 0 Å². The summed E-state index contributed by atoms with van der Waals surface area (Å²) < 4.78 is 0.586. The Labute approximate surface area is 139 Å². The van der Waals surface area contributed by atoms with Crippen LogP contribution < -0.4 is 11.5 Å². The quantitative estimate of drug-likeness (QED) is 0.588. The molecular weight excluding hydrogens is 372 g/mol. The van der Waals surface area contributed by atoms with E-state index in [4.69, 9.17) is 11.5 Å². The third-order valence-corrected chi connectivity index (χ3v) is 3.59. The molecule has 0 fully saturated rings. The van der Waals surface area contributed by atoms with Crippen molar-refractivity contribution in [1.29, 1.82) is 0 Å². The molecule has 0 aliphatic heterocycles. The Morgan fingerprint density at radius 2 is 1.57 bits per heavy atom. The van der Waals surface area contributed by atoms with Gasteiger partial charge in [0.05, 0.1) is 9.85 Å². The summed E-state index contributed by atoms with van der Waals surface area (Å²) in [6, 6.07) is 1.55. The SMILES string of the molecule is Cc1c(Br)cnc(N)c1[N+](=O)[O-].Cc1ccnc(N)c1[N+](=O)[O-]. The maximum atomic E-state index is 10.5. The van der Waals surface area contributed by atoms with Crippen LogP contribution in [-0.4, -0.2) is 19.8 Å². The highest BCUT2D eigenvalue weighted by Gasteiger charge is 2.18. The number of anilines is 2. The van der Waals surface area contributed by atoms with Crippen LogP contribution in [0.1, 0.15) is 11.1 Å². The number of aryl methyl sites for hydroxylation is 1. The zero-order valence-corrected chi connectivity index (χ0v) is 13.8. The molecule has 10 nitrogen and oxygen atoms in total. The third kappa shape index (κ3) is 4.32. The third-order valence-electron chi connectivity index (χ3n) is 2.79. The molecule has 0 aliphatic carbocycles. The number of nitrogens with two attached hydrogens (primary N) is 2. The van der Waals surface area contributed by atoms with Crippen LogP contribution in [0.25, 0.3) is 0 Å². The topological polar surface area (TPSA) is 164 Å². The molecule has 0 saturated carbocycles. The summed E-state index contributed by atoms with van der Waals surface area (Å²) in [6.07, 6.45) is 2.88. The summed E-state index contributed by atoms with van der Waals surface area (Å²) in [4.78, 5) is 27.0.